The molecule has 1 saturated heterocycles. The molecule has 1 spiro atoms. The molecule has 152 valence electrons. The summed E-state index contributed by atoms with van der Waals surface area (Å²) in [6.45, 7) is 3.26. The van der Waals surface area contributed by atoms with Gasteiger partial charge in [-0.25, -0.2) is 0 Å². The lowest BCUT2D eigenvalue weighted by atomic mass is 9.90. The van der Waals surface area contributed by atoms with E-state index in [9.17, 15) is 4.79 Å². The molecule has 2 aliphatic heterocycles. The summed E-state index contributed by atoms with van der Waals surface area (Å²) in [5, 5.41) is 3.07. The average molecular weight is 394 g/mol. The molecule has 2 aromatic carbocycles. The van der Waals surface area contributed by atoms with Gasteiger partial charge in [-0.3, -0.25) is 9.69 Å². The van der Waals surface area contributed by atoms with Crippen LogP contribution in [0.4, 0.5) is 5.69 Å². The quantitative estimate of drug-likeness (QED) is 0.839. The number of methoxy groups -OCH3 is 1. The minimum absolute atomic E-state index is 0.111. The number of rotatable bonds is 5. The lowest BCUT2D eigenvalue weighted by Crippen LogP contribution is -2.35. The number of benzene rings is 2. The number of ether oxygens (including phenoxy) is 3. The van der Waals surface area contributed by atoms with Crippen LogP contribution >= 0.6 is 0 Å². The third kappa shape index (κ3) is 3.53. The van der Waals surface area contributed by atoms with Gasteiger partial charge < -0.3 is 19.5 Å². The number of nitrogens with zero attached hydrogens (tertiary/aromatic N) is 1. The van der Waals surface area contributed by atoms with Gasteiger partial charge in [0.15, 0.2) is 11.5 Å². The fourth-order valence-corrected chi connectivity index (χ4v) is 4.69. The standard InChI is InChI=1S/C23H26N2O4/c1-27-19-5-3-2-4-18(19)24-22(26)17-13-23(17)8-10-25(11-9-23)14-16-6-7-20-21(12-16)29-15-28-20/h2-7,12,17H,8-11,13-15H2,1H3,(H,24,26). The smallest absolute Gasteiger partial charge is 0.231 e. The van der Waals surface area contributed by atoms with E-state index in [1.165, 1.54) is 5.56 Å². The third-order valence-corrected chi connectivity index (χ3v) is 6.57. The molecule has 6 heteroatoms. The molecule has 1 amide bonds. The van der Waals surface area contributed by atoms with Gasteiger partial charge in [-0.1, -0.05) is 18.2 Å². The molecule has 5 rings (SSSR count). The van der Waals surface area contributed by atoms with Gasteiger partial charge in [0.1, 0.15) is 5.75 Å². The number of fused-ring (bicyclic) bond motifs is 1. The van der Waals surface area contributed by atoms with Crippen LogP contribution in [0.3, 0.4) is 0 Å². The van der Waals surface area contributed by atoms with Gasteiger partial charge >= 0.3 is 0 Å². The van der Waals surface area contributed by atoms with Gasteiger partial charge in [0.05, 0.1) is 12.8 Å². The Balaban J connectivity index is 1.15. The van der Waals surface area contributed by atoms with Gasteiger partial charge in [-0.15, -0.1) is 0 Å². The Morgan fingerprint density at radius 1 is 1.17 bits per heavy atom. The Kier molecular flexibility index (Phi) is 4.59. The zero-order chi connectivity index (χ0) is 19.8. The van der Waals surface area contributed by atoms with Crippen LogP contribution in [0.5, 0.6) is 17.2 Å². The summed E-state index contributed by atoms with van der Waals surface area (Å²) in [5.74, 6) is 2.60. The largest absolute Gasteiger partial charge is 0.495 e. The highest BCUT2D eigenvalue weighted by Crippen LogP contribution is 2.59. The molecule has 0 radical (unpaired) electrons. The van der Waals surface area contributed by atoms with E-state index in [4.69, 9.17) is 14.2 Å². The monoisotopic (exact) mass is 394 g/mol. The summed E-state index contributed by atoms with van der Waals surface area (Å²) in [6, 6.07) is 13.7. The second-order valence-electron chi connectivity index (χ2n) is 8.27. The number of likely N-dealkylation sites (tertiary alicyclic amines) is 1. The number of hydrogen-bond acceptors (Lipinski definition) is 5. The van der Waals surface area contributed by atoms with Gasteiger partial charge in [-0.05, 0) is 67.6 Å². The molecule has 29 heavy (non-hydrogen) atoms. The number of para-hydroxylation sites is 2. The Morgan fingerprint density at radius 3 is 2.79 bits per heavy atom. The van der Waals surface area contributed by atoms with Crippen molar-refractivity contribution in [2.75, 3.05) is 32.3 Å². The lowest BCUT2D eigenvalue weighted by molar-refractivity contribution is -0.118. The summed E-state index contributed by atoms with van der Waals surface area (Å²) >= 11 is 0. The van der Waals surface area contributed by atoms with Crippen molar-refractivity contribution in [1.29, 1.82) is 0 Å². The van der Waals surface area contributed by atoms with Crippen molar-refractivity contribution in [1.82, 2.24) is 4.90 Å². The molecule has 1 aliphatic carbocycles. The minimum Gasteiger partial charge on any atom is -0.495 e. The predicted octanol–water partition coefficient (Wildman–Crippen LogP) is 3.66. The van der Waals surface area contributed by atoms with Crippen molar-refractivity contribution in [3.05, 3.63) is 48.0 Å². The highest BCUT2D eigenvalue weighted by molar-refractivity contribution is 5.96. The summed E-state index contributed by atoms with van der Waals surface area (Å²) in [7, 11) is 1.62. The van der Waals surface area contributed by atoms with Gasteiger partial charge in [0, 0.05) is 12.5 Å². The molecule has 3 aliphatic rings. The molecule has 2 heterocycles. The summed E-state index contributed by atoms with van der Waals surface area (Å²) in [4.78, 5) is 15.3. The van der Waals surface area contributed by atoms with Crippen LogP contribution < -0.4 is 19.5 Å². The van der Waals surface area contributed by atoms with Crippen LogP contribution in [-0.4, -0.2) is 37.8 Å². The number of nitrogens with one attached hydrogen (secondary N) is 1. The van der Waals surface area contributed by atoms with Crippen molar-refractivity contribution in [2.24, 2.45) is 11.3 Å². The van der Waals surface area contributed by atoms with Crippen molar-refractivity contribution < 1.29 is 19.0 Å². The van der Waals surface area contributed by atoms with E-state index in [2.05, 4.69) is 22.3 Å². The maximum absolute atomic E-state index is 12.8. The van der Waals surface area contributed by atoms with E-state index in [1.807, 2.05) is 30.3 Å². The second-order valence-corrected chi connectivity index (χ2v) is 8.27. The Labute approximate surface area is 170 Å². The van der Waals surface area contributed by atoms with Gasteiger partial charge in [0.2, 0.25) is 12.7 Å². The highest BCUT2D eigenvalue weighted by atomic mass is 16.7. The topological polar surface area (TPSA) is 60.0 Å². The van der Waals surface area contributed by atoms with E-state index in [-0.39, 0.29) is 17.2 Å². The fraction of sp³-hybridized carbons (Fsp3) is 0.435. The van der Waals surface area contributed by atoms with Crippen LogP contribution in [0.15, 0.2) is 42.5 Å². The normalized spacial score (nSPS) is 21.8. The minimum atomic E-state index is 0.111. The van der Waals surface area contributed by atoms with E-state index in [1.54, 1.807) is 7.11 Å². The van der Waals surface area contributed by atoms with E-state index >= 15 is 0 Å². The molecular weight excluding hydrogens is 368 g/mol. The molecular formula is C23H26N2O4. The SMILES string of the molecule is COc1ccccc1NC(=O)C1CC12CCN(Cc1ccc3c(c1)OCO3)CC2. The number of amides is 1. The first-order valence-corrected chi connectivity index (χ1v) is 10.2. The summed E-state index contributed by atoms with van der Waals surface area (Å²) in [5.41, 5.74) is 2.17. The molecule has 1 unspecified atom stereocenters. The number of anilines is 1. The predicted molar refractivity (Wildman–Crippen MR) is 109 cm³/mol. The zero-order valence-electron chi connectivity index (χ0n) is 16.6. The van der Waals surface area contributed by atoms with E-state index < -0.39 is 0 Å². The number of piperidine rings is 1. The Bertz CT molecular complexity index is 921. The van der Waals surface area contributed by atoms with Gasteiger partial charge in [0.25, 0.3) is 0 Å². The van der Waals surface area contributed by atoms with Crippen LogP contribution in [0.1, 0.15) is 24.8 Å². The first kappa shape index (κ1) is 18.3. The average Bonchev–Trinajstić information content (AvgIpc) is 3.24. The van der Waals surface area contributed by atoms with E-state index in [0.717, 1.165) is 56.1 Å². The maximum Gasteiger partial charge on any atom is 0.231 e. The van der Waals surface area contributed by atoms with E-state index in [0.29, 0.717) is 12.5 Å². The molecule has 0 aromatic heterocycles. The second kappa shape index (κ2) is 7.26. The molecule has 0 bridgehead atoms. The molecule has 2 aromatic rings. The molecule has 1 N–H and O–H groups in total. The molecule has 2 fully saturated rings. The summed E-state index contributed by atoms with van der Waals surface area (Å²) in [6.07, 6.45) is 3.13. The van der Waals surface area contributed by atoms with Crippen molar-refractivity contribution in [2.45, 2.75) is 25.8 Å². The Morgan fingerprint density at radius 2 is 1.97 bits per heavy atom. The summed E-state index contributed by atoms with van der Waals surface area (Å²) < 4.78 is 16.2. The van der Waals surface area contributed by atoms with Crippen LogP contribution in [0.25, 0.3) is 0 Å². The molecule has 6 nitrogen and oxygen atoms in total. The van der Waals surface area contributed by atoms with Gasteiger partial charge in [-0.2, -0.15) is 0 Å². The Hall–Kier alpha value is -2.73. The molecule has 1 saturated carbocycles. The number of carbonyl (C=O) groups excluding carboxylic acids is 1. The van der Waals surface area contributed by atoms with Crippen LogP contribution in [0.2, 0.25) is 0 Å². The maximum atomic E-state index is 12.8. The van der Waals surface area contributed by atoms with Crippen LogP contribution in [-0.2, 0) is 11.3 Å². The highest BCUT2D eigenvalue weighted by Gasteiger charge is 2.58. The lowest BCUT2D eigenvalue weighted by Gasteiger charge is -2.32. The zero-order valence-corrected chi connectivity index (χ0v) is 16.6. The number of carbonyl (C=O) groups is 1. The third-order valence-electron chi connectivity index (χ3n) is 6.57. The van der Waals surface area contributed by atoms with Crippen molar-refractivity contribution in [3.63, 3.8) is 0 Å². The van der Waals surface area contributed by atoms with Crippen molar-refractivity contribution >= 4 is 11.6 Å². The van der Waals surface area contributed by atoms with Crippen molar-refractivity contribution in [3.8, 4) is 17.2 Å². The first-order valence-electron chi connectivity index (χ1n) is 10.2. The first-order chi connectivity index (χ1) is 14.2. The number of hydrogen-bond donors (Lipinski definition) is 1. The molecule has 1 atom stereocenters. The van der Waals surface area contributed by atoms with Crippen LogP contribution in [0, 0.1) is 11.3 Å². The fourth-order valence-electron chi connectivity index (χ4n) is 4.69.